The second-order valence-corrected chi connectivity index (χ2v) is 5.67. The molecule has 136 valence electrons. The van der Waals surface area contributed by atoms with Gasteiger partial charge in [-0.25, -0.2) is 0 Å². The SMILES string of the molecule is OC[C@H]1O[C@@H](N[C@H]2O[C@H](CO)[C@@H](O)[C@H](O)[C@H]2O)[C@H](O)[C@@H](O)[C@@H]1O. The molecule has 2 heterocycles. The molecule has 0 aromatic carbocycles. The third-order valence-electron chi connectivity index (χ3n) is 4.11. The highest BCUT2D eigenvalue weighted by atomic mass is 16.6. The third kappa shape index (κ3) is 3.65. The van der Waals surface area contributed by atoms with Gasteiger partial charge in [-0.1, -0.05) is 0 Å². The van der Waals surface area contributed by atoms with Crippen LogP contribution in [0.4, 0.5) is 0 Å². The van der Waals surface area contributed by atoms with Crippen LogP contribution in [0.3, 0.4) is 0 Å². The van der Waals surface area contributed by atoms with Crippen LogP contribution in [0.1, 0.15) is 0 Å². The van der Waals surface area contributed by atoms with Crippen molar-refractivity contribution in [3.05, 3.63) is 0 Å². The zero-order valence-electron chi connectivity index (χ0n) is 12.1. The van der Waals surface area contributed by atoms with Crippen molar-refractivity contribution < 1.29 is 50.3 Å². The molecule has 0 saturated carbocycles. The summed E-state index contributed by atoms with van der Waals surface area (Å²) in [6.45, 7) is -1.25. The van der Waals surface area contributed by atoms with Crippen LogP contribution in [0.5, 0.6) is 0 Å². The molecule has 0 amide bonds. The van der Waals surface area contributed by atoms with Crippen LogP contribution in [0.2, 0.25) is 0 Å². The summed E-state index contributed by atoms with van der Waals surface area (Å²) in [7, 11) is 0. The van der Waals surface area contributed by atoms with Crippen LogP contribution in [-0.2, 0) is 9.47 Å². The second-order valence-electron chi connectivity index (χ2n) is 5.67. The van der Waals surface area contributed by atoms with Crippen molar-refractivity contribution in [1.29, 1.82) is 0 Å². The van der Waals surface area contributed by atoms with Crippen molar-refractivity contribution in [2.24, 2.45) is 0 Å². The van der Waals surface area contributed by atoms with Crippen LogP contribution in [0, 0.1) is 0 Å². The fourth-order valence-corrected chi connectivity index (χ4v) is 2.64. The summed E-state index contributed by atoms with van der Waals surface area (Å²) in [6.07, 6.45) is -14.5. The van der Waals surface area contributed by atoms with Gasteiger partial charge >= 0.3 is 0 Å². The molecular weight excluding hydrogens is 318 g/mol. The smallest absolute Gasteiger partial charge is 0.139 e. The van der Waals surface area contributed by atoms with Gasteiger partial charge in [0, 0.05) is 0 Å². The lowest BCUT2D eigenvalue weighted by Crippen LogP contribution is -2.68. The topological polar surface area (TPSA) is 192 Å². The second kappa shape index (κ2) is 7.63. The fourth-order valence-electron chi connectivity index (χ4n) is 2.64. The Kier molecular flexibility index (Phi) is 6.27. The highest BCUT2D eigenvalue weighted by molar-refractivity contribution is 4.95. The largest absolute Gasteiger partial charge is 0.394 e. The highest BCUT2D eigenvalue weighted by Gasteiger charge is 2.48. The number of aliphatic hydroxyl groups is 8. The standard InChI is InChI=1S/C12H23NO10/c14-1-3-5(16)7(18)9(20)11(22-3)13-12-10(21)8(19)6(17)4(2-15)23-12/h3-21H,1-2H2/t3-,4-,5-,6-,7+,8+,9-,10-,11-,12+/m1/s1. The summed E-state index contributed by atoms with van der Waals surface area (Å²) < 4.78 is 10.4. The van der Waals surface area contributed by atoms with E-state index in [-0.39, 0.29) is 0 Å². The average Bonchev–Trinajstić information content (AvgIpc) is 2.55. The Morgan fingerprint density at radius 3 is 1.22 bits per heavy atom. The summed E-state index contributed by atoms with van der Waals surface area (Å²) >= 11 is 0. The molecule has 11 heteroatoms. The van der Waals surface area contributed by atoms with Crippen LogP contribution in [0.25, 0.3) is 0 Å². The molecule has 0 radical (unpaired) electrons. The van der Waals surface area contributed by atoms with Gasteiger partial charge in [0.2, 0.25) is 0 Å². The first-order valence-corrected chi connectivity index (χ1v) is 7.18. The van der Waals surface area contributed by atoms with Crippen molar-refractivity contribution in [2.75, 3.05) is 13.2 Å². The van der Waals surface area contributed by atoms with Crippen molar-refractivity contribution in [1.82, 2.24) is 5.32 Å². The highest BCUT2D eigenvalue weighted by Crippen LogP contribution is 2.24. The molecule has 23 heavy (non-hydrogen) atoms. The maximum Gasteiger partial charge on any atom is 0.139 e. The molecule has 0 aromatic heterocycles. The lowest BCUT2D eigenvalue weighted by molar-refractivity contribution is -0.274. The summed E-state index contributed by atoms with van der Waals surface area (Å²) in [5.41, 5.74) is 0. The fraction of sp³-hybridized carbons (Fsp3) is 1.00. The Bertz CT molecular complexity index is 349. The minimum Gasteiger partial charge on any atom is -0.394 e. The zero-order valence-corrected chi connectivity index (χ0v) is 12.1. The molecule has 10 atom stereocenters. The van der Waals surface area contributed by atoms with E-state index in [0.717, 1.165) is 0 Å². The predicted octanol–water partition coefficient (Wildman–Crippen LogP) is -5.82. The molecule has 11 nitrogen and oxygen atoms in total. The molecule has 0 spiro atoms. The van der Waals surface area contributed by atoms with Gasteiger partial charge in [-0.2, -0.15) is 0 Å². The van der Waals surface area contributed by atoms with Gasteiger partial charge in [0.15, 0.2) is 0 Å². The minimum absolute atomic E-state index is 0.627. The molecule has 2 rings (SSSR count). The summed E-state index contributed by atoms with van der Waals surface area (Å²) in [5, 5.41) is 79.2. The maximum atomic E-state index is 9.90. The Labute approximate surface area is 131 Å². The van der Waals surface area contributed by atoms with Crippen LogP contribution in [0.15, 0.2) is 0 Å². The van der Waals surface area contributed by atoms with Gasteiger partial charge < -0.3 is 50.3 Å². The normalized spacial score (nSPS) is 51.7. The molecule has 0 aromatic rings. The first-order valence-electron chi connectivity index (χ1n) is 7.18. The van der Waals surface area contributed by atoms with E-state index >= 15 is 0 Å². The lowest BCUT2D eigenvalue weighted by atomic mass is 9.96. The summed E-state index contributed by atoms with van der Waals surface area (Å²) in [4.78, 5) is 0. The number of hydrogen-bond donors (Lipinski definition) is 9. The van der Waals surface area contributed by atoms with E-state index in [1.54, 1.807) is 0 Å². The monoisotopic (exact) mass is 341 g/mol. The minimum atomic E-state index is -1.62. The summed E-state index contributed by atoms with van der Waals surface area (Å²) in [6, 6.07) is 0. The van der Waals surface area contributed by atoms with E-state index in [4.69, 9.17) is 19.7 Å². The quantitative estimate of drug-likeness (QED) is 0.236. The summed E-state index contributed by atoms with van der Waals surface area (Å²) in [5.74, 6) is 0. The van der Waals surface area contributed by atoms with Crippen LogP contribution in [-0.4, -0.2) is 115 Å². The molecule has 2 aliphatic rings. The van der Waals surface area contributed by atoms with E-state index in [1.165, 1.54) is 0 Å². The van der Waals surface area contributed by atoms with Gasteiger partial charge in [-0.3, -0.25) is 5.32 Å². The predicted molar refractivity (Wildman–Crippen MR) is 70.7 cm³/mol. The van der Waals surface area contributed by atoms with E-state index in [9.17, 15) is 30.6 Å². The van der Waals surface area contributed by atoms with Gasteiger partial charge in [0.1, 0.15) is 61.3 Å². The molecule has 2 fully saturated rings. The lowest BCUT2D eigenvalue weighted by Gasteiger charge is -2.45. The van der Waals surface area contributed by atoms with Crippen LogP contribution < -0.4 is 5.32 Å². The Hall–Kier alpha value is -0.440. The van der Waals surface area contributed by atoms with Gasteiger partial charge in [-0.05, 0) is 0 Å². The number of hydrogen-bond acceptors (Lipinski definition) is 11. The first-order chi connectivity index (χ1) is 10.8. The third-order valence-corrected chi connectivity index (χ3v) is 4.11. The van der Waals surface area contributed by atoms with E-state index in [2.05, 4.69) is 5.32 Å². The van der Waals surface area contributed by atoms with Crippen molar-refractivity contribution in [2.45, 2.75) is 61.3 Å². The molecule has 0 unspecified atom stereocenters. The van der Waals surface area contributed by atoms with Crippen molar-refractivity contribution in [3.63, 3.8) is 0 Å². The number of nitrogens with one attached hydrogen (secondary N) is 1. The van der Waals surface area contributed by atoms with Gasteiger partial charge in [-0.15, -0.1) is 0 Å². The molecule has 2 aliphatic heterocycles. The number of rotatable bonds is 4. The van der Waals surface area contributed by atoms with E-state index < -0.39 is 74.5 Å². The Balaban J connectivity index is 2.07. The van der Waals surface area contributed by atoms with Gasteiger partial charge in [0.25, 0.3) is 0 Å². The van der Waals surface area contributed by atoms with Gasteiger partial charge in [0.05, 0.1) is 13.2 Å². The molecule has 0 bridgehead atoms. The van der Waals surface area contributed by atoms with E-state index in [0.29, 0.717) is 0 Å². The number of aliphatic hydroxyl groups excluding tert-OH is 8. The zero-order chi connectivity index (χ0) is 17.3. The Morgan fingerprint density at radius 1 is 0.565 bits per heavy atom. The molecule has 0 aliphatic carbocycles. The first kappa shape index (κ1) is 18.9. The van der Waals surface area contributed by atoms with Crippen LogP contribution >= 0.6 is 0 Å². The average molecular weight is 341 g/mol. The Morgan fingerprint density at radius 2 is 0.913 bits per heavy atom. The maximum absolute atomic E-state index is 9.90. The molecular formula is C12H23NO10. The molecule has 2 saturated heterocycles. The van der Waals surface area contributed by atoms with Crippen molar-refractivity contribution >= 4 is 0 Å². The number of ether oxygens (including phenoxy) is 2. The van der Waals surface area contributed by atoms with Crippen molar-refractivity contribution in [3.8, 4) is 0 Å². The molecule has 9 N–H and O–H groups in total. The van der Waals surface area contributed by atoms with E-state index in [1.807, 2.05) is 0 Å².